The Morgan fingerprint density at radius 2 is 1.95 bits per heavy atom. The van der Waals surface area contributed by atoms with Gasteiger partial charge in [0.05, 0.1) is 4.88 Å². The maximum absolute atomic E-state index is 13.0. The molecule has 0 bridgehead atoms. The molecular weight excluding hydrogens is 289 g/mol. The second-order valence-electron chi connectivity index (χ2n) is 4.75. The minimum atomic E-state index is -4.43. The summed E-state index contributed by atoms with van der Waals surface area (Å²) in [5.41, 5.74) is -1.56. The molecule has 0 saturated heterocycles. The van der Waals surface area contributed by atoms with Gasteiger partial charge in [-0.05, 0) is 26.3 Å². The van der Waals surface area contributed by atoms with E-state index in [9.17, 15) is 13.2 Å². The fourth-order valence-corrected chi connectivity index (χ4v) is 2.93. The smallest absolute Gasteiger partial charge is 0.371 e. The Labute approximate surface area is 121 Å². The number of hydrogen-bond acceptors (Lipinski definition) is 4. The number of alkyl halides is 3. The van der Waals surface area contributed by atoms with Crippen LogP contribution in [0.1, 0.15) is 49.2 Å². The number of thiazole rings is 1. The Balaban J connectivity index is 3.12. The summed E-state index contributed by atoms with van der Waals surface area (Å²) in [5.74, 6) is 0. The lowest BCUT2D eigenvalue weighted by molar-refractivity contribution is -0.141. The van der Waals surface area contributed by atoms with Crippen molar-refractivity contribution in [2.24, 2.45) is 0 Å². The van der Waals surface area contributed by atoms with Crippen molar-refractivity contribution >= 4 is 11.3 Å². The lowest BCUT2D eigenvalue weighted by atomic mass is 10.1. The Morgan fingerprint density at radius 1 is 1.30 bits per heavy atom. The highest BCUT2D eigenvalue weighted by Crippen LogP contribution is 2.39. The summed E-state index contributed by atoms with van der Waals surface area (Å²) in [6, 6.07) is 0. The van der Waals surface area contributed by atoms with Gasteiger partial charge in [0.2, 0.25) is 0 Å². The molecule has 0 amide bonds. The van der Waals surface area contributed by atoms with E-state index < -0.39 is 17.5 Å². The Kier molecular flexibility index (Phi) is 5.97. The summed E-state index contributed by atoms with van der Waals surface area (Å²) >= 11 is 1.07. The molecule has 0 saturated carbocycles. The first-order chi connectivity index (χ1) is 9.28. The first kappa shape index (κ1) is 17.4. The molecule has 1 unspecified atom stereocenters. The summed E-state index contributed by atoms with van der Waals surface area (Å²) in [6.45, 7) is 6.46. The summed E-state index contributed by atoms with van der Waals surface area (Å²) in [4.78, 5) is 4.02. The molecule has 1 aromatic rings. The Morgan fingerprint density at radius 3 is 2.40 bits per heavy atom. The van der Waals surface area contributed by atoms with Crippen LogP contribution in [0.15, 0.2) is 0 Å². The van der Waals surface area contributed by atoms with Gasteiger partial charge in [0.1, 0.15) is 10.6 Å². The highest BCUT2D eigenvalue weighted by atomic mass is 32.1. The molecule has 3 nitrogen and oxygen atoms in total. The van der Waals surface area contributed by atoms with E-state index in [1.165, 1.54) is 7.11 Å². The molecular formula is C13H21F3N2OS. The molecule has 0 radical (unpaired) electrons. The zero-order valence-electron chi connectivity index (χ0n) is 12.2. The molecule has 1 aromatic heterocycles. The summed E-state index contributed by atoms with van der Waals surface area (Å²) in [5, 5.41) is 3.37. The van der Waals surface area contributed by atoms with Gasteiger partial charge in [0.25, 0.3) is 0 Å². The number of nitrogens with one attached hydrogen (secondary N) is 1. The third-order valence-electron chi connectivity index (χ3n) is 3.26. The van der Waals surface area contributed by atoms with Crippen LogP contribution >= 0.6 is 11.3 Å². The molecule has 0 aromatic carbocycles. The molecule has 7 heteroatoms. The first-order valence-electron chi connectivity index (χ1n) is 6.61. The highest BCUT2D eigenvalue weighted by molar-refractivity contribution is 7.11. The van der Waals surface area contributed by atoms with Crippen molar-refractivity contribution in [1.82, 2.24) is 10.3 Å². The minimum Gasteiger partial charge on any atom is -0.371 e. The fourth-order valence-electron chi connectivity index (χ4n) is 1.68. The van der Waals surface area contributed by atoms with E-state index >= 15 is 0 Å². The second-order valence-corrected chi connectivity index (χ2v) is 5.84. The number of halogens is 3. The predicted molar refractivity (Wildman–Crippen MR) is 73.8 cm³/mol. The zero-order valence-corrected chi connectivity index (χ0v) is 13.0. The average molecular weight is 310 g/mol. The summed E-state index contributed by atoms with van der Waals surface area (Å²) < 4.78 is 44.5. The van der Waals surface area contributed by atoms with Crippen LogP contribution in [0.2, 0.25) is 0 Å². The molecule has 0 aliphatic heterocycles. The number of hydrogen-bond donors (Lipinski definition) is 1. The normalized spacial score (nSPS) is 15.3. The predicted octanol–water partition coefficient (Wildman–Crippen LogP) is 3.93. The molecule has 116 valence electrons. The van der Waals surface area contributed by atoms with Crippen molar-refractivity contribution in [3.05, 3.63) is 15.6 Å². The summed E-state index contributed by atoms with van der Waals surface area (Å²) in [6.07, 6.45) is -2.99. The number of nitrogens with zero attached hydrogens (tertiary/aromatic N) is 1. The van der Waals surface area contributed by atoms with Crippen LogP contribution in [0, 0.1) is 0 Å². The molecule has 0 aliphatic rings. The average Bonchev–Trinajstić information content (AvgIpc) is 2.83. The van der Waals surface area contributed by atoms with Crippen molar-refractivity contribution < 1.29 is 17.9 Å². The topological polar surface area (TPSA) is 34.1 Å². The van der Waals surface area contributed by atoms with Crippen molar-refractivity contribution in [3.8, 4) is 0 Å². The van der Waals surface area contributed by atoms with Gasteiger partial charge in [-0.1, -0.05) is 13.8 Å². The van der Waals surface area contributed by atoms with Crippen molar-refractivity contribution in [2.45, 2.75) is 51.9 Å². The third kappa shape index (κ3) is 3.93. The van der Waals surface area contributed by atoms with Crippen LogP contribution < -0.4 is 5.32 Å². The lowest BCUT2D eigenvalue weighted by Gasteiger charge is -2.23. The quantitative estimate of drug-likeness (QED) is 0.775. The van der Waals surface area contributed by atoms with E-state index in [1.807, 2.05) is 13.8 Å². The fraction of sp³-hybridized carbons (Fsp3) is 0.769. The lowest BCUT2D eigenvalue weighted by Crippen LogP contribution is -2.23. The molecule has 1 atom stereocenters. The number of aromatic nitrogens is 1. The van der Waals surface area contributed by atoms with Gasteiger partial charge in [-0.15, -0.1) is 11.3 Å². The van der Waals surface area contributed by atoms with E-state index in [2.05, 4.69) is 10.3 Å². The van der Waals surface area contributed by atoms with Crippen LogP contribution in [0.3, 0.4) is 0 Å². The van der Waals surface area contributed by atoms with Crippen molar-refractivity contribution in [2.75, 3.05) is 13.7 Å². The largest absolute Gasteiger partial charge is 0.434 e. The summed E-state index contributed by atoms with van der Waals surface area (Å²) in [7, 11) is 1.49. The first-order valence-corrected chi connectivity index (χ1v) is 7.43. The molecule has 1 rings (SSSR count). The van der Waals surface area contributed by atoms with Crippen molar-refractivity contribution in [1.29, 1.82) is 0 Å². The maximum atomic E-state index is 13.0. The van der Waals surface area contributed by atoms with Crippen molar-refractivity contribution in [3.63, 3.8) is 0 Å². The van der Waals surface area contributed by atoms with Crippen LogP contribution in [0.25, 0.3) is 0 Å². The standard InChI is InChI=1S/C13H21F3N2OS/c1-5-7-17-8-9-10(13(14,15)16)18-11(20-9)12(3,6-2)19-4/h17H,5-8H2,1-4H3. The van der Waals surface area contributed by atoms with Gasteiger partial charge in [-0.25, -0.2) is 4.98 Å². The van der Waals surface area contributed by atoms with E-state index in [0.29, 0.717) is 18.0 Å². The van der Waals surface area contributed by atoms with Crippen LogP contribution in [-0.4, -0.2) is 18.6 Å². The highest BCUT2D eigenvalue weighted by Gasteiger charge is 2.40. The zero-order chi connectivity index (χ0) is 15.4. The van der Waals surface area contributed by atoms with E-state index in [4.69, 9.17) is 4.74 Å². The number of ether oxygens (including phenoxy) is 1. The molecule has 20 heavy (non-hydrogen) atoms. The maximum Gasteiger partial charge on any atom is 0.434 e. The van der Waals surface area contributed by atoms with Gasteiger partial charge in [-0.2, -0.15) is 13.2 Å². The SMILES string of the molecule is CCCNCc1sc(C(C)(CC)OC)nc1C(F)(F)F. The molecule has 0 fully saturated rings. The van der Waals surface area contributed by atoms with Gasteiger partial charge in [0.15, 0.2) is 5.69 Å². The van der Waals surface area contributed by atoms with E-state index in [-0.39, 0.29) is 11.4 Å². The molecule has 1 heterocycles. The third-order valence-corrected chi connectivity index (χ3v) is 4.56. The molecule has 1 N–H and O–H groups in total. The van der Waals surface area contributed by atoms with Crippen LogP contribution in [-0.2, 0) is 23.1 Å². The van der Waals surface area contributed by atoms with E-state index in [0.717, 1.165) is 17.8 Å². The minimum absolute atomic E-state index is 0.184. The van der Waals surface area contributed by atoms with Gasteiger partial charge in [-0.3, -0.25) is 0 Å². The van der Waals surface area contributed by atoms with Gasteiger partial charge < -0.3 is 10.1 Å². The molecule has 0 spiro atoms. The van der Waals surface area contributed by atoms with Gasteiger partial charge >= 0.3 is 6.18 Å². The monoisotopic (exact) mass is 310 g/mol. The second kappa shape index (κ2) is 6.87. The van der Waals surface area contributed by atoms with E-state index in [1.54, 1.807) is 6.92 Å². The van der Waals surface area contributed by atoms with Crippen LogP contribution in [0.4, 0.5) is 13.2 Å². The number of rotatable bonds is 7. The Hall–Kier alpha value is -0.660. The van der Waals surface area contributed by atoms with Gasteiger partial charge in [0, 0.05) is 13.7 Å². The Bertz CT molecular complexity index is 428. The molecule has 0 aliphatic carbocycles. The van der Waals surface area contributed by atoms with Crippen LogP contribution in [0.5, 0.6) is 0 Å². The number of methoxy groups -OCH3 is 1.